The van der Waals surface area contributed by atoms with Crippen LogP contribution in [0.5, 0.6) is 0 Å². The monoisotopic (exact) mass is 185 g/mol. The van der Waals surface area contributed by atoms with E-state index in [0.717, 1.165) is 13.1 Å². The molecular formula is C10H23N3. The Morgan fingerprint density at radius 2 is 1.85 bits per heavy atom. The predicted molar refractivity (Wildman–Crippen MR) is 59.2 cm³/mol. The summed E-state index contributed by atoms with van der Waals surface area (Å²) >= 11 is 0. The summed E-state index contributed by atoms with van der Waals surface area (Å²) < 4.78 is 0. The first kappa shape index (κ1) is 12.4. The Kier molecular flexibility index (Phi) is 7.69. The third kappa shape index (κ3) is 6.58. The maximum atomic E-state index is 4.37. The molecule has 0 saturated heterocycles. The summed E-state index contributed by atoms with van der Waals surface area (Å²) in [6, 6.07) is 0. The van der Waals surface area contributed by atoms with Gasteiger partial charge in [0.25, 0.3) is 0 Å². The Morgan fingerprint density at radius 1 is 1.31 bits per heavy atom. The lowest BCUT2D eigenvalue weighted by Gasteiger charge is -2.18. The van der Waals surface area contributed by atoms with Crippen LogP contribution in [0, 0.1) is 0 Å². The van der Waals surface area contributed by atoms with Crippen molar-refractivity contribution in [3.63, 3.8) is 0 Å². The van der Waals surface area contributed by atoms with Crippen molar-refractivity contribution in [2.45, 2.75) is 39.8 Å². The van der Waals surface area contributed by atoms with Crippen LogP contribution in [0.2, 0.25) is 0 Å². The molecule has 0 aliphatic heterocycles. The molecule has 0 amide bonds. The molecule has 0 heterocycles. The number of rotatable bonds is 7. The minimum absolute atomic E-state index is 0.219. The van der Waals surface area contributed by atoms with E-state index in [-0.39, 0.29) is 6.17 Å². The first-order valence-electron chi connectivity index (χ1n) is 5.19. The smallest absolute Gasteiger partial charge is 0.0980 e. The molecule has 0 fully saturated rings. The molecule has 78 valence electrons. The van der Waals surface area contributed by atoms with Gasteiger partial charge in [-0.2, -0.15) is 0 Å². The van der Waals surface area contributed by atoms with Gasteiger partial charge in [-0.1, -0.05) is 13.8 Å². The van der Waals surface area contributed by atoms with Crippen LogP contribution in [0.1, 0.15) is 33.6 Å². The molecule has 0 bridgehead atoms. The van der Waals surface area contributed by atoms with Gasteiger partial charge < -0.3 is 4.90 Å². The van der Waals surface area contributed by atoms with E-state index in [9.17, 15) is 0 Å². The van der Waals surface area contributed by atoms with Crippen LogP contribution in [0.3, 0.4) is 0 Å². The summed E-state index contributed by atoms with van der Waals surface area (Å²) in [6.07, 6.45) is 4.55. The fourth-order valence-electron chi connectivity index (χ4n) is 1.07. The Balaban J connectivity index is 3.84. The van der Waals surface area contributed by atoms with Gasteiger partial charge in [0.05, 0.1) is 12.5 Å². The molecule has 13 heavy (non-hydrogen) atoms. The zero-order valence-corrected chi connectivity index (χ0v) is 9.38. The van der Waals surface area contributed by atoms with Gasteiger partial charge in [-0.3, -0.25) is 10.3 Å². The average Bonchev–Trinajstić information content (AvgIpc) is 2.14. The normalized spacial score (nSPS) is 13.5. The minimum atomic E-state index is 0.219. The molecule has 0 aromatic carbocycles. The van der Waals surface area contributed by atoms with Crippen molar-refractivity contribution in [3.8, 4) is 0 Å². The van der Waals surface area contributed by atoms with Crippen molar-refractivity contribution in [1.82, 2.24) is 10.2 Å². The Labute approximate surface area is 82.2 Å². The van der Waals surface area contributed by atoms with Crippen LogP contribution in [-0.4, -0.2) is 37.5 Å². The van der Waals surface area contributed by atoms with E-state index in [4.69, 9.17) is 0 Å². The molecule has 0 spiro atoms. The first-order valence-corrected chi connectivity index (χ1v) is 5.19. The highest BCUT2D eigenvalue weighted by Gasteiger charge is 1.96. The van der Waals surface area contributed by atoms with Gasteiger partial charge in [-0.05, 0) is 26.8 Å². The zero-order valence-electron chi connectivity index (χ0n) is 9.38. The summed E-state index contributed by atoms with van der Waals surface area (Å²) in [4.78, 5) is 6.64. The summed E-state index contributed by atoms with van der Waals surface area (Å²) in [5, 5.41) is 3.08. The number of aliphatic imine (C=N–C) groups is 1. The topological polar surface area (TPSA) is 27.6 Å². The molecule has 1 N–H and O–H groups in total. The van der Waals surface area contributed by atoms with Crippen molar-refractivity contribution in [3.05, 3.63) is 0 Å². The van der Waals surface area contributed by atoms with Gasteiger partial charge in [0.1, 0.15) is 0 Å². The fraction of sp³-hybridized carbons (Fsp3) is 0.900. The van der Waals surface area contributed by atoms with Crippen molar-refractivity contribution in [1.29, 1.82) is 0 Å². The van der Waals surface area contributed by atoms with Crippen molar-refractivity contribution >= 4 is 6.34 Å². The van der Waals surface area contributed by atoms with Crippen molar-refractivity contribution in [2.24, 2.45) is 4.99 Å². The molecule has 0 aromatic heterocycles. The second-order valence-corrected chi connectivity index (χ2v) is 3.27. The third-order valence-corrected chi connectivity index (χ3v) is 1.89. The second-order valence-electron chi connectivity index (χ2n) is 3.27. The van der Waals surface area contributed by atoms with Crippen molar-refractivity contribution in [2.75, 3.05) is 20.1 Å². The van der Waals surface area contributed by atoms with Gasteiger partial charge in [0, 0.05) is 13.1 Å². The number of hydrogen-bond acceptors (Lipinski definition) is 2. The maximum absolute atomic E-state index is 4.37. The van der Waals surface area contributed by atoms with E-state index in [1.165, 1.54) is 12.8 Å². The standard InChI is InChI=1S/C10H23N3/c1-5-7-13(8-6-2)9-12-10(3)11-4/h9-11H,5-8H2,1-4H3. The van der Waals surface area contributed by atoms with Crippen LogP contribution < -0.4 is 5.32 Å². The van der Waals surface area contributed by atoms with Gasteiger partial charge >= 0.3 is 0 Å². The van der Waals surface area contributed by atoms with E-state index < -0.39 is 0 Å². The molecule has 0 radical (unpaired) electrons. The SMILES string of the molecule is CCCN(C=NC(C)NC)CCC. The molecule has 0 aliphatic rings. The van der Waals surface area contributed by atoms with Crippen molar-refractivity contribution < 1.29 is 0 Å². The summed E-state index contributed by atoms with van der Waals surface area (Å²) in [7, 11) is 1.92. The predicted octanol–water partition coefficient (Wildman–Crippen LogP) is 1.70. The average molecular weight is 185 g/mol. The van der Waals surface area contributed by atoms with E-state index in [2.05, 4.69) is 29.1 Å². The summed E-state index contributed by atoms with van der Waals surface area (Å²) in [5.41, 5.74) is 0. The lowest BCUT2D eigenvalue weighted by atomic mass is 10.4. The van der Waals surface area contributed by atoms with Gasteiger partial charge in [0.2, 0.25) is 0 Å². The highest BCUT2D eigenvalue weighted by Crippen LogP contribution is 1.91. The number of hydrogen-bond donors (Lipinski definition) is 1. The molecule has 3 heteroatoms. The number of nitrogens with zero attached hydrogens (tertiary/aromatic N) is 2. The summed E-state index contributed by atoms with van der Waals surface area (Å²) in [6.45, 7) is 8.64. The molecule has 0 saturated carbocycles. The lowest BCUT2D eigenvalue weighted by Crippen LogP contribution is -2.26. The van der Waals surface area contributed by atoms with Crippen LogP contribution in [0.4, 0.5) is 0 Å². The molecule has 3 nitrogen and oxygen atoms in total. The highest BCUT2D eigenvalue weighted by molar-refractivity contribution is 5.54. The van der Waals surface area contributed by atoms with Gasteiger partial charge in [-0.25, -0.2) is 0 Å². The molecule has 0 rings (SSSR count). The first-order chi connectivity index (χ1) is 6.24. The van der Waals surface area contributed by atoms with E-state index in [0.29, 0.717) is 0 Å². The van der Waals surface area contributed by atoms with Crippen LogP contribution in [0.25, 0.3) is 0 Å². The van der Waals surface area contributed by atoms with Crippen LogP contribution in [-0.2, 0) is 0 Å². The zero-order chi connectivity index (χ0) is 10.1. The van der Waals surface area contributed by atoms with E-state index >= 15 is 0 Å². The van der Waals surface area contributed by atoms with Gasteiger partial charge in [0.15, 0.2) is 0 Å². The molecule has 1 unspecified atom stereocenters. The highest BCUT2D eigenvalue weighted by atomic mass is 15.2. The Morgan fingerprint density at radius 3 is 2.23 bits per heavy atom. The fourth-order valence-corrected chi connectivity index (χ4v) is 1.07. The molecule has 1 atom stereocenters. The summed E-state index contributed by atoms with van der Waals surface area (Å²) in [5.74, 6) is 0. The van der Waals surface area contributed by atoms with E-state index in [1.54, 1.807) is 0 Å². The Bertz CT molecular complexity index is 128. The van der Waals surface area contributed by atoms with E-state index in [1.807, 2.05) is 20.3 Å². The molecular weight excluding hydrogens is 162 g/mol. The minimum Gasteiger partial charge on any atom is -0.363 e. The maximum Gasteiger partial charge on any atom is 0.0980 e. The van der Waals surface area contributed by atoms with Gasteiger partial charge in [-0.15, -0.1) is 0 Å². The second kappa shape index (κ2) is 8.05. The molecule has 0 aliphatic carbocycles. The van der Waals surface area contributed by atoms with Crippen LogP contribution >= 0.6 is 0 Å². The largest absolute Gasteiger partial charge is 0.363 e. The number of nitrogens with one attached hydrogen (secondary N) is 1. The lowest BCUT2D eigenvalue weighted by molar-refractivity contribution is 0.424. The quantitative estimate of drug-likeness (QED) is 0.483. The third-order valence-electron chi connectivity index (χ3n) is 1.89. The Hall–Kier alpha value is -0.570. The molecule has 0 aromatic rings. The van der Waals surface area contributed by atoms with Crippen LogP contribution in [0.15, 0.2) is 4.99 Å².